The Balaban J connectivity index is 1.53. The molecule has 1 aliphatic heterocycles. The maximum absolute atomic E-state index is 13.5. The van der Waals surface area contributed by atoms with Crippen LogP contribution >= 0.6 is 0 Å². The first-order chi connectivity index (χ1) is 15.1. The van der Waals surface area contributed by atoms with E-state index in [0.29, 0.717) is 54.3 Å². The van der Waals surface area contributed by atoms with Gasteiger partial charge in [-0.2, -0.15) is 4.31 Å². The van der Waals surface area contributed by atoms with Gasteiger partial charge in [-0.05, 0) is 74.6 Å². The van der Waals surface area contributed by atoms with Gasteiger partial charge in [0.15, 0.2) is 0 Å². The molecular formula is C24H30N4O3S. The number of sulfonamides is 1. The van der Waals surface area contributed by atoms with Gasteiger partial charge in [0.1, 0.15) is 5.82 Å². The normalized spacial score (nSPS) is 16.0. The molecule has 4 rings (SSSR count). The minimum absolute atomic E-state index is 0.150. The van der Waals surface area contributed by atoms with Crippen LogP contribution in [-0.2, 0) is 16.6 Å². The first kappa shape index (κ1) is 22.6. The number of hydrogen-bond donors (Lipinski definition) is 1. The number of aromatic amines is 1. The van der Waals surface area contributed by atoms with E-state index in [2.05, 4.69) is 14.9 Å². The van der Waals surface area contributed by atoms with E-state index in [4.69, 9.17) is 0 Å². The zero-order chi connectivity index (χ0) is 23.2. The number of nitrogens with zero attached hydrogens (tertiary/aromatic N) is 3. The Kier molecular flexibility index (Phi) is 5.96. The molecular weight excluding hydrogens is 424 g/mol. The molecule has 170 valence electrons. The smallest absolute Gasteiger partial charge is 0.258 e. The second kappa shape index (κ2) is 8.42. The lowest BCUT2D eigenvalue weighted by Gasteiger charge is -2.34. The fourth-order valence-electron chi connectivity index (χ4n) is 4.53. The van der Waals surface area contributed by atoms with Crippen molar-refractivity contribution >= 4 is 20.9 Å². The zero-order valence-corrected chi connectivity index (χ0v) is 20.1. The van der Waals surface area contributed by atoms with Crippen molar-refractivity contribution < 1.29 is 8.42 Å². The lowest BCUT2D eigenvalue weighted by atomic mass is 9.95. The topological polar surface area (TPSA) is 86.4 Å². The first-order valence-corrected chi connectivity index (χ1v) is 12.3. The third kappa shape index (κ3) is 3.87. The van der Waals surface area contributed by atoms with E-state index >= 15 is 0 Å². The Hall–Kier alpha value is -2.55. The summed E-state index contributed by atoms with van der Waals surface area (Å²) in [6.07, 6.45) is 0. The van der Waals surface area contributed by atoms with Gasteiger partial charge in [-0.1, -0.05) is 12.1 Å². The van der Waals surface area contributed by atoms with E-state index in [1.165, 1.54) is 0 Å². The van der Waals surface area contributed by atoms with E-state index < -0.39 is 10.0 Å². The van der Waals surface area contributed by atoms with E-state index in [1.807, 2.05) is 52.8 Å². The number of benzene rings is 2. The molecule has 1 aromatic heterocycles. The highest BCUT2D eigenvalue weighted by molar-refractivity contribution is 7.89. The van der Waals surface area contributed by atoms with Crippen LogP contribution in [0.1, 0.15) is 33.6 Å². The number of rotatable bonds is 4. The van der Waals surface area contributed by atoms with Gasteiger partial charge in [0, 0.05) is 26.2 Å². The van der Waals surface area contributed by atoms with Crippen LogP contribution in [-0.4, -0.2) is 53.8 Å². The summed E-state index contributed by atoms with van der Waals surface area (Å²) in [5.74, 6) is 0.599. The highest BCUT2D eigenvalue weighted by Gasteiger charge is 2.32. The fourth-order valence-corrected chi connectivity index (χ4v) is 6.51. The summed E-state index contributed by atoms with van der Waals surface area (Å²) >= 11 is 0. The van der Waals surface area contributed by atoms with Gasteiger partial charge in [-0.15, -0.1) is 0 Å². The van der Waals surface area contributed by atoms with Crippen LogP contribution < -0.4 is 5.56 Å². The van der Waals surface area contributed by atoms with Crippen molar-refractivity contribution in [3.05, 3.63) is 68.3 Å². The molecule has 8 heteroatoms. The zero-order valence-electron chi connectivity index (χ0n) is 19.3. The number of H-pyrrole nitrogens is 1. The highest BCUT2D eigenvalue weighted by atomic mass is 32.2. The molecule has 2 heterocycles. The summed E-state index contributed by atoms with van der Waals surface area (Å²) in [4.78, 5) is 22.3. The number of fused-ring (bicyclic) bond motifs is 1. The van der Waals surface area contributed by atoms with E-state index in [-0.39, 0.29) is 5.56 Å². The molecule has 0 aliphatic carbocycles. The van der Waals surface area contributed by atoms with Crippen LogP contribution in [0.5, 0.6) is 0 Å². The number of nitrogens with one attached hydrogen (secondary N) is 1. The fraction of sp³-hybridized carbons (Fsp3) is 0.417. The molecule has 0 saturated carbocycles. The van der Waals surface area contributed by atoms with Gasteiger partial charge < -0.3 is 4.98 Å². The lowest BCUT2D eigenvalue weighted by Crippen LogP contribution is -2.48. The molecule has 0 bridgehead atoms. The molecule has 1 saturated heterocycles. The van der Waals surface area contributed by atoms with Crippen LogP contribution in [0.3, 0.4) is 0 Å². The second-order valence-corrected chi connectivity index (χ2v) is 10.5. The largest absolute Gasteiger partial charge is 0.309 e. The summed E-state index contributed by atoms with van der Waals surface area (Å²) in [5.41, 5.74) is 5.43. The van der Waals surface area contributed by atoms with Gasteiger partial charge in [0.2, 0.25) is 10.0 Å². The van der Waals surface area contributed by atoms with Crippen LogP contribution in [0.15, 0.2) is 34.0 Å². The summed E-state index contributed by atoms with van der Waals surface area (Å²) in [5, 5.41) is 0.571. The predicted molar refractivity (Wildman–Crippen MR) is 127 cm³/mol. The predicted octanol–water partition coefficient (Wildman–Crippen LogP) is 2.97. The SMILES string of the molecule is Cc1c(C)c(C)c(S(=O)(=O)N2CCN(Cc3nc4ccccc4c(=O)[nH]3)CC2)c(C)c1C. The Bertz CT molecular complexity index is 1320. The molecule has 0 spiro atoms. The molecule has 3 aromatic rings. The molecule has 0 amide bonds. The molecule has 1 N–H and O–H groups in total. The summed E-state index contributed by atoms with van der Waals surface area (Å²) in [6, 6.07) is 7.27. The van der Waals surface area contributed by atoms with Crippen LogP contribution in [0.4, 0.5) is 0 Å². The molecule has 32 heavy (non-hydrogen) atoms. The van der Waals surface area contributed by atoms with Gasteiger partial charge in [-0.3, -0.25) is 9.69 Å². The van der Waals surface area contributed by atoms with Crippen molar-refractivity contribution in [1.29, 1.82) is 0 Å². The monoisotopic (exact) mass is 454 g/mol. The molecule has 7 nitrogen and oxygen atoms in total. The molecule has 1 fully saturated rings. The third-order valence-corrected chi connectivity index (χ3v) is 9.07. The van der Waals surface area contributed by atoms with Gasteiger partial charge in [0.25, 0.3) is 5.56 Å². The van der Waals surface area contributed by atoms with Crippen molar-refractivity contribution in [2.45, 2.75) is 46.1 Å². The molecule has 1 aliphatic rings. The molecule has 2 aromatic carbocycles. The Morgan fingerprint density at radius 1 is 0.875 bits per heavy atom. The maximum Gasteiger partial charge on any atom is 0.258 e. The number of aromatic nitrogens is 2. The van der Waals surface area contributed by atoms with Crippen molar-refractivity contribution in [2.75, 3.05) is 26.2 Å². The maximum atomic E-state index is 13.5. The summed E-state index contributed by atoms with van der Waals surface area (Å²) < 4.78 is 28.7. The van der Waals surface area contributed by atoms with Gasteiger partial charge in [-0.25, -0.2) is 13.4 Å². The first-order valence-electron chi connectivity index (χ1n) is 10.9. The quantitative estimate of drug-likeness (QED) is 0.655. The van der Waals surface area contributed by atoms with Crippen molar-refractivity contribution in [3.8, 4) is 0 Å². The lowest BCUT2D eigenvalue weighted by molar-refractivity contribution is 0.178. The Morgan fingerprint density at radius 2 is 1.44 bits per heavy atom. The van der Waals surface area contributed by atoms with E-state index in [0.717, 1.165) is 27.8 Å². The van der Waals surface area contributed by atoms with Crippen LogP contribution in [0, 0.1) is 34.6 Å². The molecule has 0 radical (unpaired) electrons. The number of hydrogen-bond acceptors (Lipinski definition) is 5. The standard InChI is InChI=1S/C24H30N4O3S/c1-15-16(2)18(4)23(19(5)17(15)3)32(30,31)28-12-10-27(11-13-28)14-22-25-21-9-7-6-8-20(21)24(29)26-22/h6-9H,10-14H2,1-5H3,(H,25,26,29). The number of piperazine rings is 1. The number of para-hydroxylation sites is 1. The van der Waals surface area contributed by atoms with Crippen molar-refractivity contribution in [2.24, 2.45) is 0 Å². The molecule has 0 unspecified atom stereocenters. The summed E-state index contributed by atoms with van der Waals surface area (Å²) in [6.45, 7) is 12.3. The van der Waals surface area contributed by atoms with Crippen LogP contribution in [0.2, 0.25) is 0 Å². The Morgan fingerprint density at radius 3 is 2.06 bits per heavy atom. The summed E-state index contributed by atoms with van der Waals surface area (Å²) in [7, 11) is -3.58. The van der Waals surface area contributed by atoms with Crippen molar-refractivity contribution in [3.63, 3.8) is 0 Å². The van der Waals surface area contributed by atoms with Crippen molar-refractivity contribution in [1.82, 2.24) is 19.2 Å². The minimum atomic E-state index is -3.58. The van der Waals surface area contributed by atoms with Gasteiger partial charge >= 0.3 is 0 Å². The average Bonchev–Trinajstić information content (AvgIpc) is 2.77. The minimum Gasteiger partial charge on any atom is -0.309 e. The van der Waals surface area contributed by atoms with Gasteiger partial charge in [0.05, 0.1) is 22.3 Å². The third-order valence-electron chi connectivity index (χ3n) is 6.90. The molecule has 0 atom stereocenters. The highest BCUT2D eigenvalue weighted by Crippen LogP contribution is 2.32. The van der Waals surface area contributed by atoms with E-state index in [9.17, 15) is 13.2 Å². The average molecular weight is 455 g/mol. The Labute approximate surface area is 189 Å². The van der Waals surface area contributed by atoms with Crippen LogP contribution in [0.25, 0.3) is 10.9 Å². The second-order valence-electron chi connectivity index (χ2n) is 8.66. The van der Waals surface area contributed by atoms with E-state index in [1.54, 1.807) is 10.4 Å².